The molecule has 7 heteroatoms. The molecule has 2 aliphatic rings. The molecule has 2 aliphatic heterocycles. The fraction of sp³-hybridized carbons (Fsp3) is 0.345. The molecular weight excluding hydrogens is 454 g/mol. The van der Waals surface area contributed by atoms with Gasteiger partial charge in [-0.15, -0.1) is 0 Å². The maximum Gasteiger partial charge on any atom is 0.254 e. The molecule has 0 spiro atoms. The van der Waals surface area contributed by atoms with Gasteiger partial charge in [0.25, 0.3) is 11.8 Å². The summed E-state index contributed by atoms with van der Waals surface area (Å²) >= 11 is 0. The number of amides is 3. The number of carbonyl (C=O) groups is 3. The summed E-state index contributed by atoms with van der Waals surface area (Å²) in [5, 5.41) is 1.98. The number of piperidine rings is 1. The molecule has 7 nitrogen and oxygen atoms in total. The lowest BCUT2D eigenvalue weighted by atomic mass is 9.95. The van der Waals surface area contributed by atoms with Gasteiger partial charge in [-0.3, -0.25) is 14.4 Å². The van der Waals surface area contributed by atoms with E-state index in [1.165, 1.54) is 0 Å². The van der Waals surface area contributed by atoms with Gasteiger partial charge in [0, 0.05) is 50.4 Å². The van der Waals surface area contributed by atoms with Crippen LogP contribution in [0.15, 0.2) is 66.7 Å². The summed E-state index contributed by atoms with van der Waals surface area (Å²) in [6.07, 6.45) is 1.59. The lowest BCUT2D eigenvalue weighted by Crippen LogP contribution is -2.54. The van der Waals surface area contributed by atoms with Crippen LogP contribution in [-0.4, -0.2) is 78.8 Å². The van der Waals surface area contributed by atoms with E-state index in [0.29, 0.717) is 56.1 Å². The molecular formula is C29H31N3O4. The molecule has 5 rings (SSSR count). The van der Waals surface area contributed by atoms with Crippen molar-refractivity contribution in [3.63, 3.8) is 0 Å². The van der Waals surface area contributed by atoms with E-state index in [-0.39, 0.29) is 23.6 Å². The van der Waals surface area contributed by atoms with Crippen LogP contribution in [0.3, 0.4) is 0 Å². The van der Waals surface area contributed by atoms with Gasteiger partial charge in [-0.25, -0.2) is 0 Å². The molecule has 1 atom stereocenters. The minimum Gasteiger partial charge on any atom is -0.497 e. The lowest BCUT2D eigenvalue weighted by Gasteiger charge is -2.39. The molecule has 3 aromatic rings. The van der Waals surface area contributed by atoms with E-state index in [0.717, 1.165) is 23.6 Å². The number of likely N-dealkylation sites (tertiary alicyclic amines) is 1. The molecule has 2 fully saturated rings. The van der Waals surface area contributed by atoms with E-state index in [1.807, 2.05) is 58.3 Å². The highest BCUT2D eigenvalue weighted by atomic mass is 16.5. The van der Waals surface area contributed by atoms with Crippen molar-refractivity contribution in [1.82, 2.24) is 14.7 Å². The van der Waals surface area contributed by atoms with Gasteiger partial charge >= 0.3 is 0 Å². The molecule has 2 saturated heterocycles. The van der Waals surface area contributed by atoms with Gasteiger partial charge in [-0.1, -0.05) is 42.5 Å². The van der Waals surface area contributed by atoms with Crippen LogP contribution in [0.1, 0.15) is 33.6 Å². The highest BCUT2D eigenvalue weighted by Gasteiger charge is 2.34. The van der Waals surface area contributed by atoms with Crippen molar-refractivity contribution in [3.8, 4) is 5.75 Å². The summed E-state index contributed by atoms with van der Waals surface area (Å²) in [5.41, 5.74) is 1.27. The third kappa shape index (κ3) is 4.78. The van der Waals surface area contributed by atoms with Crippen molar-refractivity contribution >= 4 is 28.5 Å². The van der Waals surface area contributed by atoms with Crippen LogP contribution in [0.4, 0.5) is 0 Å². The first-order valence-electron chi connectivity index (χ1n) is 12.5. The first-order chi connectivity index (χ1) is 17.5. The van der Waals surface area contributed by atoms with Crippen molar-refractivity contribution in [2.75, 3.05) is 46.4 Å². The maximum atomic E-state index is 13.4. The van der Waals surface area contributed by atoms with Crippen LogP contribution in [-0.2, 0) is 4.79 Å². The fourth-order valence-electron chi connectivity index (χ4n) is 5.27. The van der Waals surface area contributed by atoms with E-state index in [2.05, 4.69) is 0 Å². The first kappa shape index (κ1) is 23.9. The SMILES string of the molecule is COc1cccc(C(=O)N2CCN(C(=O)C3CCCN(C(=O)c4cccc5ccccc45)C3)CC2)c1. The van der Waals surface area contributed by atoms with Gasteiger partial charge in [0.2, 0.25) is 5.91 Å². The zero-order valence-corrected chi connectivity index (χ0v) is 20.6. The molecule has 186 valence electrons. The maximum absolute atomic E-state index is 13.4. The second-order valence-electron chi connectivity index (χ2n) is 9.47. The van der Waals surface area contributed by atoms with Crippen LogP contribution in [0.2, 0.25) is 0 Å². The third-order valence-electron chi connectivity index (χ3n) is 7.27. The third-order valence-corrected chi connectivity index (χ3v) is 7.27. The average Bonchev–Trinajstić information content (AvgIpc) is 2.96. The topological polar surface area (TPSA) is 70.2 Å². The summed E-state index contributed by atoms with van der Waals surface area (Å²) in [6.45, 7) is 3.09. The summed E-state index contributed by atoms with van der Waals surface area (Å²) in [5.74, 6) is 0.454. The molecule has 0 aliphatic carbocycles. The summed E-state index contributed by atoms with van der Waals surface area (Å²) in [4.78, 5) is 45.2. The molecule has 0 radical (unpaired) electrons. The number of piperazine rings is 1. The van der Waals surface area contributed by atoms with Crippen molar-refractivity contribution in [1.29, 1.82) is 0 Å². The molecule has 3 amide bonds. The zero-order chi connectivity index (χ0) is 25.1. The van der Waals surface area contributed by atoms with Crippen LogP contribution < -0.4 is 4.74 Å². The molecule has 3 aromatic carbocycles. The van der Waals surface area contributed by atoms with Crippen LogP contribution in [0.5, 0.6) is 5.75 Å². The standard InChI is InChI=1S/C29H31N3O4/c1-36-24-11-4-9-22(19-24)27(33)30-15-17-31(18-16-30)28(34)23-10-6-14-32(20-23)29(35)26-13-5-8-21-7-2-3-12-25(21)26/h2-5,7-9,11-13,19,23H,6,10,14-18,20H2,1H3. The zero-order valence-electron chi connectivity index (χ0n) is 20.6. The van der Waals surface area contributed by atoms with Gasteiger partial charge in [-0.2, -0.15) is 0 Å². The number of hydrogen-bond donors (Lipinski definition) is 0. The lowest BCUT2D eigenvalue weighted by molar-refractivity contribution is -0.138. The Labute approximate surface area is 211 Å². The Kier molecular flexibility index (Phi) is 6.89. The normalized spacial score (nSPS) is 18.2. The number of nitrogens with zero attached hydrogens (tertiary/aromatic N) is 3. The predicted molar refractivity (Wildman–Crippen MR) is 138 cm³/mol. The van der Waals surface area contributed by atoms with Gasteiger partial charge < -0.3 is 19.4 Å². The summed E-state index contributed by atoms with van der Waals surface area (Å²) in [7, 11) is 1.58. The molecule has 36 heavy (non-hydrogen) atoms. The van der Waals surface area contributed by atoms with Crippen LogP contribution in [0, 0.1) is 5.92 Å². The van der Waals surface area contributed by atoms with Crippen LogP contribution >= 0.6 is 0 Å². The van der Waals surface area contributed by atoms with E-state index >= 15 is 0 Å². The van der Waals surface area contributed by atoms with E-state index in [9.17, 15) is 14.4 Å². The highest BCUT2D eigenvalue weighted by Crippen LogP contribution is 2.25. The molecule has 1 unspecified atom stereocenters. The van der Waals surface area contributed by atoms with Crippen molar-refractivity contribution in [3.05, 3.63) is 77.9 Å². The Bertz CT molecular complexity index is 1280. The highest BCUT2D eigenvalue weighted by molar-refractivity contribution is 6.07. The quantitative estimate of drug-likeness (QED) is 0.565. The molecule has 2 heterocycles. The molecule has 0 saturated carbocycles. The molecule has 0 bridgehead atoms. The summed E-state index contributed by atoms with van der Waals surface area (Å²) < 4.78 is 5.23. The van der Waals surface area contributed by atoms with Crippen molar-refractivity contribution < 1.29 is 19.1 Å². The predicted octanol–water partition coefficient (Wildman–Crippen LogP) is 3.69. The summed E-state index contributed by atoms with van der Waals surface area (Å²) in [6, 6.07) is 20.8. The van der Waals surface area contributed by atoms with E-state index in [4.69, 9.17) is 4.74 Å². The first-order valence-corrected chi connectivity index (χ1v) is 12.5. The second kappa shape index (κ2) is 10.4. The van der Waals surface area contributed by atoms with Gasteiger partial charge in [0.05, 0.1) is 13.0 Å². The molecule has 0 aromatic heterocycles. The number of rotatable bonds is 4. The van der Waals surface area contributed by atoms with E-state index < -0.39 is 0 Å². The molecule has 0 N–H and O–H groups in total. The number of fused-ring (bicyclic) bond motifs is 1. The Morgan fingerprint density at radius 3 is 2.31 bits per heavy atom. The number of ether oxygens (including phenoxy) is 1. The number of methoxy groups -OCH3 is 1. The fourth-order valence-corrected chi connectivity index (χ4v) is 5.27. The Morgan fingerprint density at radius 1 is 0.778 bits per heavy atom. The average molecular weight is 486 g/mol. The minimum atomic E-state index is -0.210. The second-order valence-corrected chi connectivity index (χ2v) is 9.47. The smallest absolute Gasteiger partial charge is 0.254 e. The Hall–Kier alpha value is -3.87. The largest absolute Gasteiger partial charge is 0.497 e. The van der Waals surface area contributed by atoms with Gasteiger partial charge in [0.1, 0.15) is 5.75 Å². The Morgan fingerprint density at radius 2 is 1.50 bits per heavy atom. The van der Waals surface area contributed by atoms with Crippen LogP contribution in [0.25, 0.3) is 10.8 Å². The Balaban J connectivity index is 1.21. The van der Waals surface area contributed by atoms with Gasteiger partial charge in [0.15, 0.2) is 0 Å². The van der Waals surface area contributed by atoms with Gasteiger partial charge in [-0.05, 0) is 47.9 Å². The minimum absolute atomic E-state index is 0.0157. The number of benzene rings is 3. The number of carbonyl (C=O) groups excluding carboxylic acids is 3. The number of hydrogen-bond acceptors (Lipinski definition) is 4. The van der Waals surface area contributed by atoms with Crippen molar-refractivity contribution in [2.45, 2.75) is 12.8 Å². The van der Waals surface area contributed by atoms with E-state index in [1.54, 1.807) is 30.2 Å². The van der Waals surface area contributed by atoms with Crippen molar-refractivity contribution in [2.24, 2.45) is 5.92 Å². The monoisotopic (exact) mass is 485 g/mol.